The lowest BCUT2D eigenvalue weighted by Crippen LogP contribution is -2.17. The molecule has 0 fully saturated rings. The van der Waals surface area contributed by atoms with E-state index >= 15 is 0 Å². The van der Waals surface area contributed by atoms with Crippen molar-refractivity contribution in [3.63, 3.8) is 0 Å². The largest absolute Gasteiger partial charge is 0.481 e. The van der Waals surface area contributed by atoms with Gasteiger partial charge in [0, 0.05) is 15.9 Å². The van der Waals surface area contributed by atoms with E-state index in [0.717, 1.165) is 15.7 Å². The smallest absolute Gasteiger partial charge is 0.307 e. The van der Waals surface area contributed by atoms with Crippen LogP contribution < -0.4 is 5.32 Å². The molecule has 1 unspecified atom stereocenters. The van der Waals surface area contributed by atoms with Gasteiger partial charge in [-0.3, -0.25) is 9.59 Å². The number of benzene rings is 1. The van der Waals surface area contributed by atoms with Crippen molar-refractivity contribution in [2.45, 2.75) is 13.8 Å². The van der Waals surface area contributed by atoms with Gasteiger partial charge in [0.05, 0.1) is 11.7 Å². The molecule has 0 saturated heterocycles. The topological polar surface area (TPSA) is 66.4 Å². The van der Waals surface area contributed by atoms with E-state index in [2.05, 4.69) is 21.2 Å². The molecule has 1 atom stereocenters. The van der Waals surface area contributed by atoms with E-state index < -0.39 is 11.9 Å². The summed E-state index contributed by atoms with van der Waals surface area (Å²) < 4.78 is 0.965. The minimum absolute atomic E-state index is 0.118. The Kier molecular flexibility index (Phi) is 6.37. The number of hydrogen-bond acceptors (Lipinski definition) is 3. The van der Waals surface area contributed by atoms with Crippen molar-refractivity contribution in [3.8, 4) is 0 Å². The molecule has 6 heteroatoms. The Bertz CT molecular complexity index is 479. The van der Waals surface area contributed by atoms with Gasteiger partial charge in [-0.1, -0.05) is 22.9 Å². The van der Waals surface area contributed by atoms with Gasteiger partial charge in [0.1, 0.15) is 0 Å². The minimum Gasteiger partial charge on any atom is -0.481 e. The van der Waals surface area contributed by atoms with Crippen LogP contribution in [0, 0.1) is 12.8 Å². The fourth-order valence-electron chi connectivity index (χ4n) is 1.35. The van der Waals surface area contributed by atoms with Gasteiger partial charge in [-0.05, 0) is 30.7 Å². The van der Waals surface area contributed by atoms with E-state index in [0.29, 0.717) is 5.75 Å². The van der Waals surface area contributed by atoms with Gasteiger partial charge in [0.2, 0.25) is 5.91 Å². The van der Waals surface area contributed by atoms with E-state index in [1.807, 2.05) is 25.1 Å². The molecule has 4 nitrogen and oxygen atoms in total. The van der Waals surface area contributed by atoms with Crippen molar-refractivity contribution < 1.29 is 14.7 Å². The molecule has 1 amide bonds. The second-order valence-electron chi connectivity index (χ2n) is 4.26. The Balaban J connectivity index is 2.41. The Morgan fingerprint density at radius 2 is 2.16 bits per heavy atom. The molecule has 0 aromatic heterocycles. The SMILES string of the molecule is Cc1cc(Br)ccc1NC(=O)CSCC(C)C(=O)O. The highest BCUT2D eigenvalue weighted by molar-refractivity contribution is 9.10. The number of carbonyl (C=O) groups is 2. The van der Waals surface area contributed by atoms with Crippen molar-refractivity contribution >= 4 is 45.3 Å². The summed E-state index contributed by atoms with van der Waals surface area (Å²) in [7, 11) is 0. The average Bonchev–Trinajstić information content (AvgIpc) is 2.32. The summed E-state index contributed by atoms with van der Waals surface area (Å²) in [5.74, 6) is -0.702. The van der Waals surface area contributed by atoms with Gasteiger partial charge in [-0.25, -0.2) is 0 Å². The molecule has 1 rings (SSSR count). The monoisotopic (exact) mass is 345 g/mol. The second kappa shape index (κ2) is 7.55. The molecular formula is C13H16BrNO3S. The number of amides is 1. The molecule has 0 spiro atoms. The molecule has 0 aliphatic heterocycles. The van der Waals surface area contributed by atoms with E-state index in [-0.39, 0.29) is 11.7 Å². The van der Waals surface area contributed by atoms with Crippen molar-refractivity contribution in [2.24, 2.45) is 5.92 Å². The number of anilines is 1. The third-order valence-corrected chi connectivity index (χ3v) is 4.18. The molecule has 0 radical (unpaired) electrons. The van der Waals surface area contributed by atoms with Gasteiger partial charge >= 0.3 is 5.97 Å². The lowest BCUT2D eigenvalue weighted by Gasteiger charge is -2.09. The fraction of sp³-hybridized carbons (Fsp3) is 0.385. The summed E-state index contributed by atoms with van der Waals surface area (Å²) >= 11 is 4.69. The molecule has 19 heavy (non-hydrogen) atoms. The lowest BCUT2D eigenvalue weighted by molar-refractivity contribution is -0.140. The molecular weight excluding hydrogens is 330 g/mol. The minimum atomic E-state index is -0.836. The zero-order valence-electron chi connectivity index (χ0n) is 10.8. The van der Waals surface area contributed by atoms with Gasteiger partial charge in [0.15, 0.2) is 0 Å². The maximum absolute atomic E-state index is 11.7. The third-order valence-electron chi connectivity index (χ3n) is 2.49. The summed E-state index contributed by atoms with van der Waals surface area (Å²) in [5.41, 5.74) is 1.76. The van der Waals surface area contributed by atoms with Crippen LogP contribution in [0.1, 0.15) is 12.5 Å². The van der Waals surface area contributed by atoms with Gasteiger partial charge in [-0.15, -0.1) is 0 Å². The molecule has 1 aromatic rings. The normalized spacial score (nSPS) is 11.9. The number of carboxylic acids is 1. The van der Waals surface area contributed by atoms with Crippen LogP contribution in [0.2, 0.25) is 0 Å². The number of hydrogen-bond donors (Lipinski definition) is 2. The first-order chi connectivity index (χ1) is 8.90. The number of aliphatic carboxylic acids is 1. The molecule has 0 saturated carbocycles. The Morgan fingerprint density at radius 1 is 1.47 bits per heavy atom. The van der Waals surface area contributed by atoms with Crippen LogP contribution in [0.15, 0.2) is 22.7 Å². The maximum atomic E-state index is 11.7. The van der Waals surface area contributed by atoms with Crippen molar-refractivity contribution in [3.05, 3.63) is 28.2 Å². The number of halogens is 1. The zero-order chi connectivity index (χ0) is 14.4. The van der Waals surface area contributed by atoms with Crippen LogP contribution in [-0.4, -0.2) is 28.5 Å². The molecule has 1 aromatic carbocycles. The highest BCUT2D eigenvalue weighted by Gasteiger charge is 2.12. The number of carboxylic acid groups (broad SMARTS) is 1. The highest BCUT2D eigenvalue weighted by atomic mass is 79.9. The van der Waals surface area contributed by atoms with Crippen molar-refractivity contribution in [1.82, 2.24) is 0 Å². The van der Waals surface area contributed by atoms with E-state index in [9.17, 15) is 9.59 Å². The van der Waals surface area contributed by atoms with Crippen molar-refractivity contribution in [1.29, 1.82) is 0 Å². The summed E-state index contributed by atoms with van der Waals surface area (Å²) in [5, 5.41) is 11.5. The number of thioether (sulfide) groups is 1. The van der Waals surface area contributed by atoms with E-state index in [1.54, 1.807) is 6.92 Å². The predicted molar refractivity (Wildman–Crippen MR) is 81.6 cm³/mol. The van der Waals surface area contributed by atoms with Crippen LogP contribution in [0.5, 0.6) is 0 Å². The van der Waals surface area contributed by atoms with Crippen LogP contribution in [0.3, 0.4) is 0 Å². The van der Waals surface area contributed by atoms with Gasteiger partial charge < -0.3 is 10.4 Å². The Hall–Kier alpha value is -1.01. The number of nitrogens with one attached hydrogen (secondary N) is 1. The van der Waals surface area contributed by atoms with E-state index in [4.69, 9.17) is 5.11 Å². The number of aryl methyl sites for hydroxylation is 1. The number of rotatable bonds is 6. The van der Waals surface area contributed by atoms with Crippen LogP contribution >= 0.6 is 27.7 Å². The summed E-state index contributed by atoms with van der Waals surface area (Å²) in [6.45, 7) is 3.55. The highest BCUT2D eigenvalue weighted by Crippen LogP contribution is 2.20. The summed E-state index contributed by atoms with van der Waals surface area (Å²) in [4.78, 5) is 22.3. The second-order valence-corrected chi connectivity index (χ2v) is 6.21. The molecule has 104 valence electrons. The van der Waals surface area contributed by atoms with Crippen LogP contribution in [-0.2, 0) is 9.59 Å². The third kappa shape index (κ3) is 5.65. The van der Waals surface area contributed by atoms with Crippen LogP contribution in [0.25, 0.3) is 0 Å². The fourth-order valence-corrected chi connectivity index (χ4v) is 2.70. The molecule has 0 aliphatic rings. The predicted octanol–water partition coefficient (Wildman–Crippen LogP) is 3.15. The van der Waals surface area contributed by atoms with Crippen molar-refractivity contribution in [2.75, 3.05) is 16.8 Å². The Labute approximate surface area is 125 Å². The summed E-state index contributed by atoms with van der Waals surface area (Å²) in [6, 6.07) is 5.62. The quantitative estimate of drug-likeness (QED) is 0.830. The molecule has 2 N–H and O–H groups in total. The first-order valence-electron chi connectivity index (χ1n) is 5.76. The maximum Gasteiger partial charge on any atom is 0.307 e. The van der Waals surface area contributed by atoms with Gasteiger partial charge in [0.25, 0.3) is 0 Å². The van der Waals surface area contributed by atoms with Crippen LogP contribution in [0.4, 0.5) is 5.69 Å². The average molecular weight is 346 g/mol. The molecule has 0 bridgehead atoms. The van der Waals surface area contributed by atoms with E-state index in [1.165, 1.54) is 11.8 Å². The Morgan fingerprint density at radius 3 is 2.74 bits per heavy atom. The first-order valence-corrected chi connectivity index (χ1v) is 7.71. The number of carbonyl (C=O) groups excluding carboxylic acids is 1. The zero-order valence-corrected chi connectivity index (χ0v) is 13.2. The molecule has 0 heterocycles. The lowest BCUT2D eigenvalue weighted by atomic mass is 10.2. The summed E-state index contributed by atoms with van der Waals surface area (Å²) in [6.07, 6.45) is 0. The standard InChI is InChI=1S/C13H16BrNO3S/c1-8-5-10(14)3-4-11(8)15-12(16)7-19-6-9(2)13(17)18/h3-5,9H,6-7H2,1-2H3,(H,15,16)(H,17,18). The first kappa shape index (κ1) is 16.0. The van der Waals surface area contributed by atoms with Gasteiger partial charge in [-0.2, -0.15) is 11.8 Å². The molecule has 0 aliphatic carbocycles.